The molecule has 1 saturated heterocycles. The van der Waals surface area contributed by atoms with E-state index in [-0.39, 0.29) is 6.10 Å². The van der Waals surface area contributed by atoms with Gasteiger partial charge >= 0.3 is 0 Å². The fourth-order valence-corrected chi connectivity index (χ4v) is 3.21. The monoisotopic (exact) mass is 340 g/mol. The summed E-state index contributed by atoms with van der Waals surface area (Å²) in [6, 6.07) is 8.94. The lowest BCUT2D eigenvalue weighted by Gasteiger charge is -2.22. The molecule has 1 aliphatic heterocycles. The maximum atomic E-state index is 9.65. The van der Waals surface area contributed by atoms with Crippen molar-refractivity contribution < 1.29 is 5.11 Å². The van der Waals surface area contributed by atoms with E-state index in [1.807, 2.05) is 14.0 Å². The molecule has 1 aromatic carbocycles. The Hall–Kier alpha value is -0.420. The van der Waals surface area contributed by atoms with Gasteiger partial charge in [0.15, 0.2) is 0 Å². The summed E-state index contributed by atoms with van der Waals surface area (Å²) in [4.78, 5) is 2.47. The van der Waals surface area contributed by atoms with E-state index in [1.54, 1.807) is 0 Å². The zero-order valence-electron chi connectivity index (χ0n) is 12.3. The molecule has 2 rings (SSSR count). The predicted molar refractivity (Wildman–Crippen MR) is 86.8 cm³/mol. The van der Waals surface area contributed by atoms with Crippen molar-refractivity contribution in [3.8, 4) is 0 Å². The van der Waals surface area contributed by atoms with Crippen molar-refractivity contribution in [1.82, 2.24) is 10.2 Å². The van der Waals surface area contributed by atoms with E-state index < -0.39 is 0 Å². The molecule has 3 atom stereocenters. The SMILES string of the molecule is CNC(CCN1CCC(C(C)O)C1)c1ccc(Br)cc1. The van der Waals surface area contributed by atoms with Crippen LogP contribution in [0.3, 0.4) is 0 Å². The standard InChI is InChI=1S/C16H25BrN2O/c1-12(20)14-7-9-19(11-14)10-8-16(18-2)13-3-5-15(17)6-4-13/h3-6,12,14,16,18,20H,7-11H2,1-2H3. The summed E-state index contributed by atoms with van der Waals surface area (Å²) in [5, 5.41) is 13.1. The van der Waals surface area contributed by atoms with Gasteiger partial charge in [-0.15, -0.1) is 0 Å². The zero-order chi connectivity index (χ0) is 14.5. The highest BCUT2D eigenvalue weighted by Crippen LogP contribution is 2.23. The largest absolute Gasteiger partial charge is 0.393 e. The summed E-state index contributed by atoms with van der Waals surface area (Å²) < 4.78 is 1.12. The second-order valence-electron chi connectivity index (χ2n) is 5.77. The maximum Gasteiger partial charge on any atom is 0.0552 e. The van der Waals surface area contributed by atoms with Gasteiger partial charge in [0, 0.05) is 17.1 Å². The van der Waals surface area contributed by atoms with E-state index >= 15 is 0 Å². The molecule has 0 aromatic heterocycles. The van der Waals surface area contributed by atoms with Gasteiger partial charge in [-0.1, -0.05) is 28.1 Å². The fraction of sp³-hybridized carbons (Fsp3) is 0.625. The summed E-state index contributed by atoms with van der Waals surface area (Å²) in [5.74, 6) is 0.454. The summed E-state index contributed by atoms with van der Waals surface area (Å²) in [7, 11) is 2.02. The average molecular weight is 341 g/mol. The molecule has 3 nitrogen and oxygen atoms in total. The molecular formula is C16H25BrN2O. The van der Waals surface area contributed by atoms with Gasteiger partial charge in [0.25, 0.3) is 0 Å². The van der Waals surface area contributed by atoms with Crippen molar-refractivity contribution >= 4 is 15.9 Å². The number of likely N-dealkylation sites (tertiary alicyclic amines) is 1. The Labute approximate surface area is 130 Å². The van der Waals surface area contributed by atoms with E-state index in [0.717, 1.165) is 36.9 Å². The van der Waals surface area contributed by atoms with Gasteiger partial charge in [0.2, 0.25) is 0 Å². The second kappa shape index (κ2) is 7.55. The Morgan fingerprint density at radius 2 is 2.10 bits per heavy atom. The first-order valence-electron chi connectivity index (χ1n) is 7.43. The van der Waals surface area contributed by atoms with Crippen molar-refractivity contribution in [2.45, 2.75) is 31.9 Å². The number of nitrogens with zero attached hydrogens (tertiary/aromatic N) is 1. The Bertz CT molecular complexity index is 407. The molecule has 20 heavy (non-hydrogen) atoms. The van der Waals surface area contributed by atoms with Crippen molar-refractivity contribution in [2.24, 2.45) is 5.92 Å². The minimum Gasteiger partial charge on any atom is -0.393 e. The topological polar surface area (TPSA) is 35.5 Å². The molecule has 0 bridgehead atoms. The van der Waals surface area contributed by atoms with Crippen LogP contribution in [0.2, 0.25) is 0 Å². The maximum absolute atomic E-state index is 9.65. The molecular weight excluding hydrogens is 316 g/mol. The number of rotatable bonds is 6. The molecule has 2 N–H and O–H groups in total. The van der Waals surface area contributed by atoms with Gasteiger partial charge in [0.1, 0.15) is 0 Å². The van der Waals surface area contributed by atoms with Crippen LogP contribution in [0.5, 0.6) is 0 Å². The number of hydrogen-bond acceptors (Lipinski definition) is 3. The Kier molecular flexibility index (Phi) is 6.02. The van der Waals surface area contributed by atoms with Crippen molar-refractivity contribution in [2.75, 3.05) is 26.7 Å². The Balaban J connectivity index is 1.84. The van der Waals surface area contributed by atoms with Crippen molar-refractivity contribution in [3.05, 3.63) is 34.3 Å². The summed E-state index contributed by atoms with van der Waals surface area (Å²) in [5.41, 5.74) is 1.34. The van der Waals surface area contributed by atoms with Crippen molar-refractivity contribution in [3.63, 3.8) is 0 Å². The van der Waals surface area contributed by atoms with E-state index in [4.69, 9.17) is 0 Å². The number of halogens is 1. The molecule has 1 aliphatic rings. The van der Waals surface area contributed by atoms with Gasteiger partial charge in [-0.25, -0.2) is 0 Å². The lowest BCUT2D eigenvalue weighted by Crippen LogP contribution is -2.28. The number of nitrogens with one attached hydrogen (secondary N) is 1. The minimum absolute atomic E-state index is 0.174. The van der Waals surface area contributed by atoms with Crippen LogP contribution >= 0.6 is 15.9 Å². The van der Waals surface area contributed by atoms with Crippen LogP contribution < -0.4 is 5.32 Å². The van der Waals surface area contributed by atoms with Gasteiger partial charge < -0.3 is 15.3 Å². The van der Waals surface area contributed by atoms with Crippen LogP contribution in [0.25, 0.3) is 0 Å². The lowest BCUT2D eigenvalue weighted by molar-refractivity contribution is 0.127. The van der Waals surface area contributed by atoms with Crippen LogP contribution in [-0.2, 0) is 0 Å². The normalized spacial score (nSPS) is 22.9. The molecule has 0 saturated carbocycles. The Morgan fingerprint density at radius 1 is 1.40 bits per heavy atom. The van der Waals surface area contributed by atoms with Gasteiger partial charge in [0.05, 0.1) is 6.10 Å². The predicted octanol–water partition coefficient (Wildman–Crippen LogP) is 2.80. The first kappa shape index (κ1) is 16.0. The molecule has 0 radical (unpaired) electrons. The van der Waals surface area contributed by atoms with E-state index in [2.05, 4.69) is 50.4 Å². The first-order chi connectivity index (χ1) is 9.60. The van der Waals surface area contributed by atoms with Gasteiger partial charge in [-0.3, -0.25) is 0 Å². The van der Waals surface area contributed by atoms with E-state index in [0.29, 0.717) is 12.0 Å². The van der Waals surface area contributed by atoms with Crippen LogP contribution in [0.4, 0.5) is 0 Å². The van der Waals surface area contributed by atoms with Crippen LogP contribution in [0.1, 0.15) is 31.4 Å². The highest BCUT2D eigenvalue weighted by atomic mass is 79.9. The molecule has 3 unspecified atom stereocenters. The highest BCUT2D eigenvalue weighted by Gasteiger charge is 2.26. The van der Waals surface area contributed by atoms with Crippen LogP contribution in [-0.4, -0.2) is 42.8 Å². The third-order valence-corrected chi connectivity index (χ3v) is 4.87. The minimum atomic E-state index is -0.174. The van der Waals surface area contributed by atoms with E-state index in [9.17, 15) is 5.11 Å². The summed E-state index contributed by atoms with van der Waals surface area (Å²) >= 11 is 3.48. The third-order valence-electron chi connectivity index (χ3n) is 4.35. The third kappa shape index (κ3) is 4.29. The molecule has 0 spiro atoms. The molecule has 0 aliphatic carbocycles. The molecule has 1 aromatic rings. The van der Waals surface area contributed by atoms with Crippen molar-refractivity contribution in [1.29, 1.82) is 0 Å². The summed E-state index contributed by atoms with van der Waals surface area (Å²) in [6.07, 6.45) is 2.05. The van der Waals surface area contributed by atoms with Crippen LogP contribution in [0.15, 0.2) is 28.7 Å². The molecule has 1 fully saturated rings. The smallest absolute Gasteiger partial charge is 0.0552 e. The average Bonchev–Trinajstić information content (AvgIpc) is 2.90. The fourth-order valence-electron chi connectivity index (χ4n) is 2.94. The van der Waals surface area contributed by atoms with Crippen LogP contribution in [0, 0.1) is 5.92 Å². The number of aliphatic hydroxyl groups is 1. The molecule has 0 amide bonds. The Morgan fingerprint density at radius 3 is 2.65 bits per heavy atom. The lowest BCUT2D eigenvalue weighted by atomic mass is 10.0. The molecule has 4 heteroatoms. The van der Waals surface area contributed by atoms with Gasteiger partial charge in [-0.05, 0) is 63.5 Å². The zero-order valence-corrected chi connectivity index (χ0v) is 13.9. The van der Waals surface area contributed by atoms with E-state index in [1.165, 1.54) is 5.56 Å². The quantitative estimate of drug-likeness (QED) is 0.835. The first-order valence-corrected chi connectivity index (χ1v) is 8.22. The molecule has 112 valence electrons. The highest BCUT2D eigenvalue weighted by molar-refractivity contribution is 9.10. The number of hydrogen-bond donors (Lipinski definition) is 2. The van der Waals surface area contributed by atoms with Gasteiger partial charge in [-0.2, -0.15) is 0 Å². The number of aliphatic hydroxyl groups excluding tert-OH is 1. The number of benzene rings is 1. The summed E-state index contributed by atoms with van der Waals surface area (Å²) in [6.45, 7) is 5.15. The molecule has 1 heterocycles. The second-order valence-corrected chi connectivity index (χ2v) is 6.69.